The molecule has 0 radical (unpaired) electrons. The van der Waals surface area contributed by atoms with E-state index in [1.54, 1.807) is 11.0 Å². The molecule has 3 nitrogen and oxygen atoms in total. The highest BCUT2D eigenvalue weighted by molar-refractivity contribution is 5.92. The summed E-state index contributed by atoms with van der Waals surface area (Å²) >= 11 is 0. The first-order valence-corrected chi connectivity index (χ1v) is 6.12. The van der Waals surface area contributed by atoms with Crippen molar-refractivity contribution in [3.05, 3.63) is 29.8 Å². The predicted molar refractivity (Wildman–Crippen MR) is 63.1 cm³/mol. The molecule has 0 saturated heterocycles. The van der Waals surface area contributed by atoms with Crippen LogP contribution in [-0.4, -0.2) is 28.9 Å². The summed E-state index contributed by atoms with van der Waals surface area (Å²) in [4.78, 5) is 17.5. The molecule has 0 spiro atoms. The van der Waals surface area contributed by atoms with Gasteiger partial charge in [0.1, 0.15) is 5.69 Å². The topological polar surface area (TPSA) is 33.2 Å². The Morgan fingerprint density at radius 1 is 1.53 bits per heavy atom. The van der Waals surface area contributed by atoms with Gasteiger partial charge < -0.3 is 4.90 Å². The van der Waals surface area contributed by atoms with E-state index in [4.69, 9.17) is 0 Å². The molecule has 1 aliphatic rings. The lowest BCUT2D eigenvalue weighted by molar-refractivity contribution is 0.0699. The normalized spacial score (nSPS) is 15.4. The molecule has 1 heterocycles. The Balaban J connectivity index is 2.05. The molecular formula is C13H17FN2O. The van der Waals surface area contributed by atoms with E-state index in [2.05, 4.69) is 4.98 Å². The van der Waals surface area contributed by atoms with Gasteiger partial charge >= 0.3 is 0 Å². The molecule has 0 aromatic carbocycles. The van der Waals surface area contributed by atoms with Gasteiger partial charge in [-0.3, -0.25) is 4.79 Å². The number of hydrogen-bond acceptors (Lipinski definition) is 2. The third-order valence-corrected chi connectivity index (χ3v) is 3.31. The molecule has 0 bridgehead atoms. The third-order valence-electron chi connectivity index (χ3n) is 3.31. The van der Waals surface area contributed by atoms with Gasteiger partial charge in [0.25, 0.3) is 5.91 Å². The van der Waals surface area contributed by atoms with Gasteiger partial charge in [-0.2, -0.15) is 4.39 Å². The van der Waals surface area contributed by atoms with Gasteiger partial charge in [0.2, 0.25) is 5.95 Å². The molecule has 0 atom stereocenters. The quantitative estimate of drug-likeness (QED) is 0.752. The van der Waals surface area contributed by atoms with Crippen LogP contribution in [0.3, 0.4) is 0 Å². The first-order valence-electron chi connectivity index (χ1n) is 6.12. The highest BCUT2D eigenvalue weighted by atomic mass is 19.1. The van der Waals surface area contributed by atoms with Crippen molar-refractivity contribution in [1.29, 1.82) is 0 Å². The summed E-state index contributed by atoms with van der Waals surface area (Å²) < 4.78 is 13.0. The molecule has 0 N–H and O–H groups in total. The van der Waals surface area contributed by atoms with Crippen molar-refractivity contribution in [1.82, 2.24) is 9.88 Å². The molecule has 1 fully saturated rings. The average Bonchev–Trinajstić information content (AvgIpc) is 2.27. The fourth-order valence-electron chi connectivity index (χ4n) is 2.03. The molecule has 0 unspecified atom stereocenters. The van der Waals surface area contributed by atoms with E-state index in [0.29, 0.717) is 12.5 Å². The Labute approximate surface area is 101 Å². The Bertz CT molecular complexity index is 404. The van der Waals surface area contributed by atoms with Crippen molar-refractivity contribution in [2.24, 2.45) is 5.92 Å². The zero-order chi connectivity index (χ0) is 12.3. The van der Waals surface area contributed by atoms with Crippen LogP contribution in [0.1, 0.15) is 36.7 Å². The van der Waals surface area contributed by atoms with Gasteiger partial charge in [-0.05, 0) is 37.8 Å². The number of aromatic nitrogens is 1. The van der Waals surface area contributed by atoms with Gasteiger partial charge in [0.05, 0.1) is 0 Å². The molecule has 1 aromatic heterocycles. The number of carbonyl (C=O) groups excluding carboxylic acids is 1. The van der Waals surface area contributed by atoms with Crippen molar-refractivity contribution in [2.75, 3.05) is 13.1 Å². The van der Waals surface area contributed by atoms with Crippen molar-refractivity contribution in [3.8, 4) is 0 Å². The molecule has 2 rings (SSSR count). The number of hydrogen-bond donors (Lipinski definition) is 0. The van der Waals surface area contributed by atoms with Crippen molar-refractivity contribution in [2.45, 2.75) is 26.2 Å². The Morgan fingerprint density at radius 3 is 2.82 bits per heavy atom. The lowest BCUT2D eigenvalue weighted by atomic mass is 9.85. The minimum atomic E-state index is -0.601. The fraction of sp³-hybridized carbons (Fsp3) is 0.538. The summed E-state index contributed by atoms with van der Waals surface area (Å²) in [7, 11) is 0. The molecule has 17 heavy (non-hydrogen) atoms. The van der Waals surface area contributed by atoms with Crippen LogP contribution in [0, 0.1) is 11.9 Å². The SMILES string of the molecule is CCN(CC1CCC1)C(=O)c1cccc(F)n1. The molecule has 1 amide bonds. The first-order chi connectivity index (χ1) is 8.20. The maximum Gasteiger partial charge on any atom is 0.272 e. The summed E-state index contributed by atoms with van der Waals surface area (Å²) in [6.07, 6.45) is 3.65. The van der Waals surface area contributed by atoms with Gasteiger partial charge in [-0.1, -0.05) is 12.5 Å². The van der Waals surface area contributed by atoms with Crippen LogP contribution in [0.5, 0.6) is 0 Å². The Morgan fingerprint density at radius 2 is 2.29 bits per heavy atom. The second kappa shape index (κ2) is 5.25. The van der Waals surface area contributed by atoms with E-state index in [1.807, 2.05) is 6.92 Å². The van der Waals surface area contributed by atoms with Crippen molar-refractivity contribution < 1.29 is 9.18 Å². The second-order valence-corrected chi connectivity index (χ2v) is 4.49. The number of nitrogens with zero attached hydrogens (tertiary/aromatic N) is 2. The summed E-state index contributed by atoms with van der Waals surface area (Å²) in [6.45, 7) is 3.36. The average molecular weight is 236 g/mol. The van der Waals surface area contributed by atoms with E-state index in [9.17, 15) is 9.18 Å². The van der Waals surface area contributed by atoms with Crippen LogP contribution in [-0.2, 0) is 0 Å². The Kier molecular flexibility index (Phi) is 3.71. The lowest BCUT2D eigenvalue weighted by Gasteiger charge is -2.31. The van der Waals surface area contributed by atoms with Crippen LogP contribution < -0.4 is 0 Å². The standard InChI is InChI=1S/C13H17FN2O/c1-2-16(9-10-5-3-6-10)13(17)11-7-4-8-12(14)15-11/h4,7-8,10H,2-3,5-6,9H2,1H3. The summed E-state index contributed by atoms with van der Waals surface area (Å²) in [5.74, 6) is -0.151. The number of carbonyl (C=O) groups is 1. The maximum absolute atomic E-state index is 13.0. The predicted octanol–water partition coefficient (Wildman–Crippen LogP) is 2.48. The highest BCUT2D eigenvalue weighted by Gasteiger charge is 2.24. The zero-order valence-electron chi connectivity index (χ0n) is 10.0. The van der Waals surface area contributed by atoms with Crippen LogP contribution in [0.4, 0.5) is 4.39 Å². The summed E-state index contributed by atoms with van der Waals surface area (Å²) in [5.41, 5.74) is 0.200. The second-order valence-electron chi connectivity index (χ2n) is 4.49. The van der Waals surface area contributed by atoms with Gasteiger partial charge in [-0.25, -0.2) is 4.98 Å². The highest BCUT2D eigenvalue weighted by Crippen LogP contribution is 2.27. The smallest absolute Gasteiger partial charge is 0.272 e. The fourth-order valence-corrected chi connectivity index (χ4v) is 2.03. The van der Waals surface area contributed by atoms with Gasteiger partial charge in [0.15, 0.2) is 0 Å². The van der Waals surface area contributed by atoms with Crippen LogP contribution in [0.25, 0.3) is 0 Å². The number of pyridine rings is 1. The van der Waals surface area contributed by atoms with Gasteiger partial charge in [-0.15, -0.1) is 0 Å². The zero-order valence-corrected chi connectivity index (χ0v) is 10.0. The summed E-state index contributed by atoms with van der Waals surface area (Å²) in [6, 6.07) is 4.33. The Hall–Kier alpha value is -1.45. The molecule has 0 aliphatic heterocycles. The van der Waals surface area contributed by atoms with E-state index in [0.717, 1.165) is 6.54 Å². The van der Waals surface area contributed by atoms with Crippen molar-refractivity contribution in [3.63, 3.8) is 0 Å². The van der Waals surface area contributed by atoms with E-state index in [1.165, 1.54) is 31.4 Å². The maximum atomic E-state index is 13.0. The minimum absolute atomic E-state index is 0.168. The van der Waals surface area contributed by atoms with E-state index < -0.39 is 5.95 Å². The molecule has 1 aliphatic carbocycles. The molecule has 1 aromatic rings. The van der Waals surface area contributed by atoms with E-state index >= 15 is 0 Å². The van der Waals surface area contributed by atoms with Crippen LogP contribution in [0.2, 0.25) is 0 Å². The number of amides is 1. The minimum Gasteiger partial charge on any atom is -0.337 e. The molecule has 1 saturated carbocycles. The van der Waals surface area contributed by atoms with E-state index in [-0.39, 0.29) is 11.6 Å². The summed E-state index contributed by atoms with van der Waals surface area (Å²) in [5, 5.41) is 0. The van der Waals surface area contributed by atoms with Crippen LogP contribution in [0.15, 0.2) is 18.2 Å². The van der Waals surface area contributed by atoms with Gasteiger partial charge in [0, 0.05) is 13.1 Å². The largest absolute Gasteiger partial charge is 0.337 e. The molecule has 4 heteroatoms. The monoisotopic (exact) mass is 236 g/mol. The number of halogens is 1. The first kappa shape index (κ1) is 12.0. The number of rotatable bonds is 4. The third kappa shape index (κ3) is 2.81. The van der Waals surface area contributed by atoms with Crippen molar-refractivity contribution >= 4 is 5.91 Å². The molecular weight excluding hydrogens is 219 g/mol. The van der Waals surface area contributed by atoms with Crippen LogP contribution >= 0.6 is 0 Å². The molecule has 92 valence electrons. The lowest BCUT2D eigenvalue weighted by Crippen LogP contribution is -2.37.